The standard InChI is InChI=1S/C18H22N2O5S2/c1-11(21)26-10-15(22)20(9-12-5-4-8-25-12)18-19-16-13(23-2)6-7-14(24-3)17(16)27-18/h6-7,12H,4-5,8-10H2,1-3H3. The van der Waals surface area contributed by atoms with Gasteiger partial charge < -0.3 is 14.2 Å². The first-order chi connectivity index (χ1) is 13.0. The molecule has 1 aromatic heterocycles. The summed E-state index contributed by atoms with van der Waals surface area (Å²) in [6.07, 6.45) is 1.87. The van der Waals surface area contributed by atoms with Crippen molar-refractivity contribution in [1.82, 2.24) is 4.98 Å². The smallest absolute Gasteiger partial charge is 0.239 e. The van der Waals surface area contributed by atoms with Crippen LogP contribution in [-0.4, -0.2) is 55.2 Å². The highest BCUT2D eigenvalue weighted by Gasteiger charge is 2.27. The zero-order valence-electron chi connectivity index (χ0n) is 15.5. The minimum atomic E-state index is -0.164. The lowest BCUT2D eigenvalue weighted by Crippen LogP contribution is -2.38. The summed E-state index contributed by atoms with van der Waals surface area (Å²) in [5.41, 5.74) is 0.654. The Labute approximate surface area is 166 Å². The molecule has 0 aliphatic carbocycles. The molecule has 1 amide bonds. The molecule has 0 radical (unpaired) electrons. The molecular weight excluding hydrogens is 388 g/mol. The molecule has 7 nitrogen and oxygen atoms in total. The Morgan fingerprint density at radius 1 is 1.33 bits per heavy atom. The first-order valence-corrected chi connectivity index (χ1v) is 10.4. The molecule has 0 bridgehead atoms. The van der Waals surface area contributed by atoms with Gasteiger partial charge in [-0.3, -0.25) is 14.5 Å². The van der Waals surface area contributed by atoms with Crippen molar-refractivity contribution in [3.8, 4) is 11.5 Å². The number of benzene rings is 1. The molecule has 146 valence electrons. The van der Waals surface area contributed by atoms with Crippen molar-refractivity contribution in [3.63, 3.8) is 0 Å². The number of amides is 1. The van der Waals surface area contributed by atoms with E-state index in [0.717, 1.165) is 29.3 Å². The molecule has 9 heteroatoms. The molecule has 1 aromatic carbocycles. The second-order valence-corrected chi connectivity index (χ2v) is 8.19. The van der Waals surface area contributed by atoms with Crippen LogP contribution in [-0.2, 0) is 14.3 Å². The Hall–Kier alpha value is -1.84. The number of nitrogens with zero attached hydrogens (tertiary/aromatic N) is 2. The van der Waals surface area contributed by atoms with Gasteiger partial charge in [-0.15, -0.1) is 0 Å². The number of thiazole rings is 1. The Morgan fingerprint density at radius 3 is 2.70 bits per heavy atom. The number of ether oxygens (including phenoxy) is 3. The minimum Gasteiger partial charge on any atom is -0.495 e. The first-order valence-electron chi connectivity index (χ1n) is 8.60. The zero-order chi connectivity index (χ0) is 19.4. The van der Waals surface area contributed by atoms with Crippen LogP contribution in [0, 0.1) is 0 Å². The fourth-order valence-electron chi connectivity index (χ4n) is 2.91. The summed E-state index contributed by atoms with van der Waals surface area (Å²) >= 11 is 2.37. The quantitative estimate of drug-likeness (QED) is 0.694. The Morgan fingerprint density at radius 2 is 2.07 bits per heavy atom. The van der Waals surface area contributed by atoms with E-state index in [-0.39, 0.29) is 22.9 Å². The van der Waals surface area contributed by atoms with Crippen molar-refractivity contribution in [2.24, 2.45) is 0 Å². The average Bonchev–Trinajstić information content (AvgIpc) is 3.32. The van der Waals surface area contributed by atoms with Gasteiger partial charge >= 0.3 is 0 Å². The molecule has 2 aromatic rings. The van der Waals surface area contributed by atoms with Gasteiger partial charge in [-0.25, -0.2) is 4.98 Å². The normalized spacial score (nSPS) is 16.5. The van der Waals surface area contributed by atoms with E-state index in [4.69, 9.17) is 14.2 Å². The maximum Gasteiger partial charge on any atom is 0.239 e. The number of carbonyl (C=O) groups excluding carboxylic acids is 2. The third kappa shape index (κ3) is 4.53. The van der Waals surface area contributed by atoms with Crippen LogP contribution < -0.4 is 14.4 Å². The number of hydrogen-bond acceptors (Lipinski definition) is 8. The summed E-state index contributed by atoms with van der Waals surface area (Å²) in [7, 11) is 3.18. The highest BCUT2D eigenvalue weighted by molar-refractivity contribution is 8.14. The van der Waals surface area contributed by atoms with Gasteiger partial charge in [-0.05, 0) is 25.0 Å². The fraction of sp³-hybridized carbons (Fsp3) is 0.500. The summed E-state index contributed by atoms with van der Waals surface area (Å²) in [6, 6.07) is 3.61. The number of aromatic nitrogens is 1. The number of thioether (sulfide) groups is 1. The van der Waals surface area contributed by atoms with Crippen LogP contribution in [0.1, 0.15) is 19.8 Å². The van der Waals surface area contributed by atoms with Gasteiger partial charge in [-0.2, -0.15) is 0 Å². The summed E-state index contributed by atoms with van der Waals surface area (Å²) < 4.78 is 17.4. The van der Waals surface area contributed by atoms with E-state index in [9.17, 15) is 9.59 Å². The van der Waals surface area contributed by atoms with E-state index in [1.165, 1.54) is 18.3 Å². The molecule has 3 rings (SSSR count). The van der Waals surface area contributed by atoms with Crippen LogP contribution in [0.3, 0.4) is 0 Å². The van der Waals surface area contributed by atoms with Crippen molar-refractivity contribution in [2.75, 3.05) is 38.0 Å². The maximum absolute atomic E-state index is 12.8. The van der Waals surface area contributed by atoms with Crippen LogP contribution in [0.25, 0.3) is 10.2 Å². The molecule has 1 fully saturated rings. The third-order valence-electron chi connectivity index (χ3n) is 4.24. The molecule has 1 atom stereocenters. The van der Waals surface area contributed by atoms with Gasteiger partial charge in [0, 0.05) is 13.5 Å². The number of methoxy groups -OCH3 is 2. The molecular formula is C18H22N2O5S2. The number of anilines is 1. The van der Waals surface area contributed by atoms with Crippen LogP contribution in [0.2, 0.25) is 0 Å². The van der Waals surface area contributed by atoms with Crippen molar-refractivity contribution in [2.45, 2.75) is 25.9 Å². The Bertz CT molecular complexity index is 792. The number of rotatable bonds is 7. The van der Waals surface area contributed by atoms with E-state index < -0.39 is 0 Å². The van der Waals surface area contributed by atoms with Gasteiger partial charge in [-0.1, -0.05) is 23.1 Å². The highest BCUT2D eigenvalue weighted by Crippen LogP contribution is 2.40. The van der Waals surface area contributed by atoms with Crippen LogP contribution >= 0.6 is 23.1 Å². The van der Waals surface area contributed by atoms with Crippen molar-refractivity contribution in [1.29, 1.82) is 0 Å². The van der Waals surface area contributed by atoms with Crippen molar-refractivity contribution < 1.29 is 23.8 Å². The van der Waals surface area contributed by atoms with Crippen LogP contribution in [0.4, 0.5) is 5.13 Å². The van der Waals surface area contributed by atoms with E-state index in [1.54, 1.807) is 25.2 Å². The number of hydrogen-bond donors (Lipinski definition) is 0. The van der Waals surface area contributed by atoms with Crippen molar-refractivity contribution in [3.05, 3.63) is 12.1 Å². The summed E-state index contributed by atoms with van der Waals surface area (Å²) in [6.45, 7) is 2.58. The molecule has 1 aliphatic rings. The SMILES string of the molecule is COc1ccc(OC)c2sc(N(CC3CCCO3)C(=O)CSC(C)=O)nc12. The number of fused-ring (bicyclic) bond motifs is 1. The van der Waals surface area contributed by atoms with E-state index >= 15 is 0 Å². The topological polar surface area (TPSA) is 78.0 Å². The zero-order valence-corrected chi connectivity index (χ0v) is 17.2. The lowest BCUT2D eigenvalue weighted by molar-refractivity contribution is -0.117. The predicted molar refractivity (Wildman–Crippen MR) is 107 cm³/mol. The van der Waals surface area contributed by atoms with Gasteiger partial charge in [0.05, 0.1) is 32.6 Å². The summed E-state index contributed by atoms with van der Waals surface area (Å²) in [4.78, 5) is 30.4. The van der Waals surface area contributed by atoms with Gasteiger partial charge in [0.1, 0.15) is 21.7 Å². The van der Waals surface area contributed by atoms with Gasteiger partial charge in [0.15, 0.2) is 10.2 Å². The van der Waals surface area contributed by atoms with E-state index in [0.29, 0.717) is 35.3 Å². The molecule has 1 saturated heterocycles. The monoisotopic (exact) mass is 410 g/mol. The van der Waals surface area contributed by atoms with Crippen LogP contribution in [0.5, 0.6) is 11.5 Å². The molecule has 0 saturated carbocycles. The minimum absolute atomic E-state index is 0.0212. The largest absolute Gasteiger partial charge is 0.495 e. The molecule has 1 unspecified atom stereocenters. The first kappa shape index (κ1) is 19.9. The lowest BCUT2D eigenvalue weighted by Gasteiger charge is -2.22. The highest BCUT2D eigenvalue weighted by atomic mass is 32.2. The molecule has 27 heavy (non-hydrogen) atoms. The number of carbonyl (C=O) groups is 2. The second-order valence-electron chi connectivity index (χ2n) is 6.06. The third-order valence-corrected chi connectivity index (χ3v) is 6.13. The summed E-state index contributed by atoms with van der Waals surface area (Å²) in [5.74, 6) is 1.21. The van der Waals surface area contributed by atoms with E-state index in [1.807, 2.05) is 6.07 Å². The molecule has 0 N–H and O–H groups in total. The fourth-order valence-corrected chi connectivity index (χ4v) is 4.49. The Kier molecular flexibility index (Phi) is 6.56. The van der Waals surface area contributed by atoms with E-state index in [2.05, 4.69) is 4.98 Å². The Balaban J connectivity index is 1.96. The second kappa shape index (κ2) is 8.90. The predicted octanol–water partition coefficient (Wildman–Crippen LogP) is 3.11. The lowest BCUT2D eigenvalue weighted by atomic mass is 10.2. The summed E-state index contributed by atoms with van der Waals surface area (Å²) in [5, 5.41) is 0.463. The molecule has 1 aliphatic heterocycles. The molecule has 0 spiro atoms. The maximum atomic E-state index is 12.8. The molecule has 2 heterocycles. The van der Waals surface area contributed by atoms with Crippen LogP contribution in [0.15, 0.2) is 12.1 Å². The van der Waals surface area contributed by atoms with Gasteiger partial charge in [0.2, 0.25) is 5.91 Å². The van der Waals surface area contributed by atoms with Gasteiger partial charge in [0.25, 0.3) is 0 Å². The van der Waals surface area contributed by atoms with Crippen molar-refractivity contribution >= 4 is 49.5 Å². The average molecular weight is 411 g/mol.